The summed E-state index contributed by atoms with van der Waals surface area (Å²) in [6.07, 6.45) is 1.61. The summed E-state index contributed by atoms with van der Waals surface area (Å²) in [4.78, 5) is 2.06. The van der Waals surface area contributed by atoms with Crippen molar-refractivity contribution in [3.8, 4) is 0 Å². The van der Waals surface area contributed by atoms with E-state index in [1.54, 1.807) is 12.3 Å². The molecule has 98 valence electrons. The number of halogens is 2. The fourth-order valence-corrected chi connectivity index (χ4v) is 2.42. The molecule has 1 aromatic carbocycles. The van der Waals surface area contributed by atoms with Gasteiger partial charge in [0.2, 0.25) is 0 Å². The van der Waals surface area contributed by atoms with Gasteiger partial charge in [-0.3, -0.25) is 0 Å². The summed E-state index contributed by atoms with van der Waals surface area (Å²) in [5, 5.41) is 4.30. The molecule has 0 amide bonds. The van der Waals surface area contributed by atoms with E-state index >= 15 is 0 Å². The Bertz CT molecular complexity index is 543. The minimum atomic E-state index is -0.207. The molecule has 2 heterocycles. The van der Waals surface area contributed by atoms with Gasteiger partial charge in [0, 0.05) is 31.1 Å². The van der Waals surface area contributed by atoms with Crippen molar-refractivity contribution in [1.29, 1.82) is 0 Å². The Morgan fingerprint density at radius 3 is 3.00 bits per heavy atom. The fraction of sp³-hybridized carbons (Fsp3) is 0.385. The topological polar surface area (TPSA) is 28.4 Å². The van der Waals surface area contributed by atoms with Crippen molar-refractivity contribution in [3.05, 3.63) is 30.3 Å². The van der Waals surface area contributed by atoms with E-state index in [-0.39, 0.29) is 18.2 Å². The number of nitrogens with zero attached hydrogens (tertiary/aromatic N) is 1. The number of fused-ring (bicyclic) bond motifs is 1. The lowest BCUT2D eigenvalue weighted by molar-refractivity contribution is 0.477. The molecule has 5 heteroatoms. The van der Waals surface area contributed by atoms with Crippen molar-refractivity contribution < 1.29 is 8.81 Å². The summed E-state index contributed by atoms with van der Waals surface area (Å²) in [6, 6.07) is 5.50. The highest BCUT2D eigenvalue weighted by molar-refractivity contribution is 5.90. The summed E-state index contributed by atoms with van der Waals surface area (Å²) in [6.45, 7) is 4.59. The molecule has 1 fully saturated rings. The van der Waals surface area contributed by atoms with Gasteiger partial charge in [-0.15, -0.1) is 12.4 Å². The van der Waals surface area contributed by atoms with E-state index in [1.165, 1.54) is 6.07 Å². The predicted octanol–water partition coefficient (Wildman–Crippen LogP) is 2.79. The molecule has 3 nitrogen and oxygen atoms in total. The van der Waals surface area contributed by atoms with E-state index in [4.69, 9.17) is 4.42 Å². The molecular formula is C13H16ClFN2O. The zero-order valence-corrected chi connectivity index (χ0v) is 11.0. The van der Waals surface area contributed by atoms with Crippen molar-refractivity contribution in [2.45, 2.75) is 13.0 Å². The van der Waals surface area contributed by atoms with Crippen LogP contribution in [0.25, 0.3) is 11.0 Å². The van der Waals surface area contributed by atoms with Crippen molar-refractivity contribution in [3.63, 3.8) is 0 Å². The molecule has 1 aliphatic rings. The predicted molar refractivity (Wildman–Crippen MR) is 73.1 cm³/mol. The second kappa shape index (κ2) is 5.16. The molecule has 1 atom stereocenters. The van der Waals surface area contributed by atoms with E-state index in [9.17, 15) is 4.39 Å². The molecule has 0 aliphatic carbocycles. The van der Waals surface area contributed by atoms with Gasteiger partial charge in [0.05, 0.1) is 6.26 Å². The minimum Gasteiger partial charge on any atom is -0.462 e. The molecule has 1 saturated heterocycles. The average molecular weight is 271 g/mol. The van der Waals surface area contributed by atoms with Crippen LogP contribution in [0.3, 0.4) is 0 Å². The quantitative estimate of drug-likeness (QED) is 0.864. The van der Waals surface area contributed by atoms with Gasteiger partial charge in [-0.05, 0) is 25.1 Å². The van der Waals surface area contributed by atoms with E-state index < -0.39 is 0 Å². The van der Waals surface area contributed by atoms with E-state index in [0.29, 0.717) is 17.3 Å². The Balaban J connectivity index is 0.00000120. The summed E-state index contributed by atoms with van der Waals surface area (Å²) in [7, 11) is 0. The first-order valence-corrected chi connectivity index (χ1v) is 5.90. The third-order valence-corrected chi connectivity index (χ3v) is 3.23. The van der Waals surface area contributed by atoms with E-state index in [0.717, 1.165) is 25.0 Å². The number of furan rings is 1. The standard InChI is InChI=1S/C13H15FN2O.ClH/c1-9-8-16(6-5-15-9)12-11(14)3-2-10-4-7-17-13(10)12;/h2-4,7,9,15H,5-6,8H2,1H3;1H/t9-;/m0./s1. The zero-order chi connectivity index (χ0) is 11.8. The molecule has 1 aliphatic heterocycles. The minimum absolute atomic E-state index is 0. The van der Waals surface area contributed by atoms with Crippen molar-refractivity contribution >= 4 is 29.1 Å². The number of hydrogen-bond donors (Lipinski definition) is 1. The summed E-state index contributed by atoms with van der Waals surface area (Å²) in [5.41, 5.74) is 1.25. The Labute approximate surface area is 111 Å². The maximum atomic E-state index is 14.0. The van der Waals surface area contributed by atoms with Gasteiger partial charge in [0.15, 0.2) is 5.58 Å². The average Bonchev–Trinajstić information content (AvgIpc) is 2.76. The van der Waals surface area contributed by atoms with Crippen LogP contribution in [0.5, 0.6) is 0 Å². The lowest BCUT2D eigenvalue weighted by Gasteiger charge is -2.33. The monoisotopic (exact) mass is 270 g/mol. The maximum Gasteiger partial charge on any atom is 0.160 e. The van der Waals surface area contributed by atoms with Crippen LogP contribution >= 0.6 is 12.4 Å². The van der Waals surface area contributed by atoms with Gasteiger partial charge in [-0.25, -0.2) is 4.39 Å². The van der Waals surface area contributed by atoms with Crippen LogP contribution in [0, 0.1) is 5.82 Å². The maximum absolute atomic E-state index is 14.0. The van der Waals surface area contributed by atoms with Gasteiger partial charge in [0.25, 0.3) is 0 Å². The van der Waals surface area contributed by atoms with Gasteiger partial charge in [0.1, 0.15) is 11.5 Å². The van der Waals surface area contributed by atoms with Gasteiger partial charge in [-0.1, -0.05) is 0 Å². The number of piperazine rings is 1. The van der Waals surface area contributed by atoms with Crippen LogP contribution < -0.4 is 10.2 Å². The molecule has 0 radical (unpaired) electrons. The molecule has 2 aromatic rings. The summed E-state index contributed by atoms with van der Waals surface area (Å²) < 4.78 is 19.4. The highest BCUT2D eigenvalue weighted by atomic mass is 35.5. The van der Waals surface area contributed by atoms with Crippen LogP contribution in [0.4, 0.5) is 10.1 Å². The molecule has 0 unspecified atom stereocenters. The first-order valence-electron chi connectivity index (χ1n) is 5.90. The van der Waals surface area contributed by atoms with Crippen LogP contribution in [0.2, 0.25) is 0 Å². The highest BCUT2D eigenvalue weighted by Gasteiger charge is 2.22. The Hall–Kier alpha value is -1.26. The van der Waals surface area contributed by atoms with Crippen molar-refractivity contribution in [2.24, 2.45) is 0 Å². The van der Waals surface area contributed by atoms with Crippen LogP contribution in [0.15, 0.2) is 28.9 Å². The van der Waals surface area contributed by atoms with Crippen LogP contribution in [0.1, 0.15) is 6.92 Å². The van der Waals surface area contributed by atoms with E-state index in [1.807, 2.05) is 6.07 Å². The van der Waals surface area contributed by atoms with Gasteiger partial charge < -0.3 is 14.6 Å². The molecular weight excluding hydrogens is 255 g/mol. The molecule has 1 N–H and O–H groups in total. The molecule has 0 spiro atoms. The zero-order valence-electron chi connectivity index (χ0n) is 10.1. The number of nitrogens with one attached hydrogen (secondary N) is 1. The largest absolute Gasteiger partial charge is 0.462 e. The Morgan fingerprint density at radius 2 is 2.22 bits per heavy atom. The summed E-state index contributed by atoms with van der Waals surface area (Å²) in [5.74, 6) is -0.207. The number of rotatable bonds is 1. The Morgan fingerprint density at radius 1 is 1.39 bits per heavy atom. The van der Waals surface area contributed by atoms with Gasteiger partial charge in [-0.2, -0.15) is 0 Å². The molecule has 18 heavy (non-hydrogen) atoms. The first-order chi connectivity index (χ1) is 8.25. The Kier molecular flexibility index (Phi) is 3.78. The number of anilines is 1. The molecule has 0 bridgehead atoms. The number of hydrogen-bond acceptors (Lipinski definition) is 3. The smallest absolute Gasteiger partial charge is 0.160 e. The number of benzene rings is 1. The van der Waals surface area contributed by atoms with Crippen LogP contribution in [-0.4, -0.2) is 25.7 Å². The van der Waals surface area contributed by atoms with Crippen LogP contribution in [-0.2, 0) is 0 Å². The van der Waals surface area contributed by atoms with E-state index in [2.05, 4.69) is 17.1 Å². The van der Waals surface area contributed by atoms with Gasteiger partial charge >= 0.3 is 0 Å². The normalized spacial score (nSPS) is 19.9. The first kappa shape index (κ1) is 13.2. The third kappa shape index (κ3) is 2.18. The second-order valence-corrected chi connectivity index (χ2v) is 4.54. The third-order valence-electron chi connectivity index (χ3n) is 3.23. The van der Waals surface area contributed by atoms with Crippen molar-refractivity contribution in [2.75, 3.05) is 24.5 Å². The second-order valence-electron chi connectivity index (χ2n) is 4.54. The molecule has 3 rings (SSSR count). The molecule has 1 aromatic heterocycles. The van der Waals surface area contributed by atoms with Crippen molar-refractivity contribution in [1.82, 2.24) is 5.32 Å². The molecule has 0 saturated carbocycles. The summed E-state index contributed by atoms with van der Waals surface area (Å²) >= 11 is 0. The lowest BCUT2D eigenvalue weighted by atomic mass is 10.1. The lowest BCUT2D eigenvalue weighted by Crippen LogP contribution is -2.49. The SMILES string of the molecule is C[C@H]1CN(c2c(F)ccc3ccoc23)CCN1.Cl. The highest BCUT2D eigenvalue weighted by Crippen LogP contribution is 2.31. The fourth-order valence-electron chi connectivity index (χ4n) is 2.42.